The Morgan fingerprint density at radius 3 is 2.59 bits per heavy atom. The number of nitrogens with one attached hydrogen (secondary N) is 1. The fourth-order valence-corrected chi connectivity index (χ4v) is 7.18. The fraction of sp³-hybridized carbons (Fsp3) is 0.562. The molecule has 2 aromatic rings. The van der Waals surface area contributed by atoms with Crippen molar-refractivity contribution in [2.24, 2.45) is 5.41 Å². The molecule has 2 saturated carbocycles. The van der Waals surface area contributed by atoms with Crippen molar-refractivity contribution in [2.75, 3.05) is 26.8 Å². The Bertz CT molecular complexity index is 1220. The Balaban J connectivity index is 1.14. The summed E-state index contributed by atoms with van der Waals surface area (Å²) in [5.41, 5.74) is 3.66. The molecule has 6 rings (SSSR count). The number of carboxylic acids is 1. The zero-order valence-electron chi connectivity index (χ0n) is 22.9. The normalized spacial score (nSPS) is 26.8. The van der Waals surface area contributed by atoms with Gasteiger partial charge in [-0.1, -0.05) is 30.7 Å². The minimum absolute atomic E-state index is 0.0243. The Morgan fingerprint density at radius 2 is 1.85 bits per heavy atom. The van der Waals surface area contributed by atoms with Crippen LogP contribution in [0.1, 0.15) is 79.6 Å². The van der Waals surface area contributed by atoms with E-state index >= 15 is 0 Å². The van der Waals surface area contributed by atoms with E-state index in [2.05, 4.69) is 35.5 Å². The molecule has 0 unspecified atom stereocenters. The van der Waals surface area contributed by atoms with E-state index in [1.54, 1.807) is 12.1 Å². The molecule has 0 aromatic heterocycles. The van der Waals surface area contributed by atoms with Crippen molar-refractivity contribution in [3.63, 3.8) is 0 Å². The lowest BCUT2D eigenvalue weighted by atomic mass is 9.77. The highest BCUT2D eigenvalue weighted by molar-refractivity contribution is 5.91. The second-order valence-electron chi connectivity index (χ2n) is 12.2. The van der Waals surface area contributed by atoms with E-state index in [1.165, 1.54) is 24.8 Å². The summed E-state index contributed by atoms with van der Waals surface area (Å²) in [7, 11) is 2.07. The SMILES string of the molecule is CN1CC2(CCOCC2)C[C@H]1C(=O)N[C@@H]1CC[C@@H](Oc2ccc(C(=O)O)cc2-c2ccccc2C2CCC2)C1. The average molecular weight is 533 g/mol. The molecular formula is C32H40N2O5. The number of hydrogen-bond acceptors (Lipinski definition) is 5. The number of likely N-dealkylation sites (N-methyl/N-ethyl adjacent to an activating group) is 1. The predicted octanol–water partition coefficient (Wildman–Crippen LogP) is 5.24. The molecule has 1 spiro atoms. The second kappa shape index (κ2) is 10.9. The number of aromatic carboxylic acids is 1. The maximum atomic E-state index is 13.3. The van der Waals surface area contributed by atoms with Crippen LogP contribution in [0, 0.1) is 5.41 Å². The summed E-state index contributed by atoms with van der Waals surface area (Å²) in [5, 5.41) is 13.0. The van der Waals surface area contributed by atoms with Crippen molar-refractivity contribution in [3.8, 4) is 16.9 Å². The zero-order valence-corrected chi connectivity index (χ0v) is 22.9. The molecule has 2 aliphatic heterocycles. The van der Waals surface area contributed by atoms with Gasteiger partial charge >= 0.3 is 5.97 Å². The molecule has 1 amide bonds. The number of nitrogens with zero attached hydrogens (tertiary/aromatic N) is 1. The van der Waals surface area contributed by atoms with Gasteiger partial charge in [-0.05, 0) is 92.7 Å². The zero-order chi connectivity index (χ0) is 27.0. The summed E-state index contributed by atoms with van der Waals surface area (Å²) in [6.07, 6.45) is 9.02. The molecule has 208 valence electrons. The van der Waals surface area contributed by atoms with Gasteiger partial charge in [0.25, 0.3) is 0 Å². The molecule has 2 aliphatic carbocycles. The van der Waals surface area contributed by atoms with Gasteiger partial charge < -0.3 is 19.9 Å². The average Bonchev–Trinajstić information content (AvgIpc) is 3.47. The lowest BCUT2D eigenvalue weighted by Gasteiger charge is -2.32. The molecule has 2 heterocycles. The fourth-order valence-electron chi connectivity index (χ4n) is 7.18. The van der Waals surface area contributed by atoms with E-state index in [-0.39, 0.29) is 35.1 Å². The Kier molecular flexibility index (Phi) is 7.38. The van der Waals surface area contributed by atoms with Crippen LogP contribution in [0.4, 0.5) is 0 Å². The van der Waals surface area contributed by atoms with Gasteiger partial charge in [0, 0.05) is 37.8 Å². The van der Waals surface area contributed by atoms with E-state index in [0.29, 0.717) is 5.92 Å². The molecular weight excluding hydrogens is 492 g/mol. The lowest BCUT2D eigenvalue weighted by molar-refractivity contribution is -0.125. The van der Waals surface area contributed by atoms with E-state index in [4.69, 9.17) is 9.47 Å². The topological polar surface area (TPSA) is 88.1 Å². The summed E-state index contributed by atoms with van der Waals surface area (Å²) < 4.78 is 12.1. The number of amides is 1. The number of carboxylic acid groups (broad SMARTS) is 1. The molecule has 39 heavy (non-hydrogen) atoms. The third-order valence-corrected chi connectivity index (χ3v) is 9.65. The highest BCUT2D eigenvalue weighted by Crippen LogP contribution is 2.45. The minimum Gasteiger partial charge on any atom is -0.490 e. The van der Waals surface area contributed by atoms with Crippen molar-refractivity contribution in [2.45, 2.75) is 81.9 Å². The molecule has 4 fully saturated rings. The maximum Gasteiger partial charge on any atom is 0.335 e. The quantitative estimate of drug-likeness (QED) is 0.507. The van der Waals surface area contributed by atoms with Gasteiger partial charge in [0.1, 0.15) is 11.9 Å². The van der Waals surface area contributed by atoms with E-state index in [9.17, 15) is 14.7 Å². The van der Waals surface area contributed by atoms with Crippen molar-refractivity contribution in [1.82, 2.24) is 10.2 Å². The number of benzene rings is 2. The first-order valence-electron chi connectivity index (χ1n) is 14.6. The predicted molar refractivity (Wildman–Crippen MR) is 149 cm³/mol. The molecule has 2 N–H and O–H groups in total. The number of carbonyl (C=O) groups excluding carboxylic acids is 1. The van der Waals surface area contributed by atoms with Crippen LogP contribution in [0.2, 0.25) is 0 Å². The minimum atomic E-state index is -0.938. The molecule has 7 heteroatoms. The van der Waals surface area contributed by atoms with Crippen LogP contribution in [0.15, 0.2) is 42.5 Å². The summed E-state index contributed by atoms with van der Waals surface area (Å²) in [6.45, 7) is 2.55. The van der Waals surface area contributed by atoms with Crippen LogP contribution in [0.3, 0.4) is 0 Å². The van der Waals surface area contributed by atoms with E-state index in [1.807, 2.05) is 12.1 Å². The summed E-state index contributed by atoms with van der Waals surface area (Å²) in [5.74, 6) is 0.433. The van der Waals surface area contributed by atoms with Crippen LogP contribution in [0.5, 0.6) is 5.75 Å². The smallest absolute Gasteiger partial charge is 0.335 e. The van der Waals surface area contributed by atoms with Gasteiger partial charge in [-0.25, -0.2) is 4.79 Å². The monoisotopic (exact) mass is 532 g/mol. The second-order valence-corrected chi connectivity index (χ2v) is 12.2. The highest BCUT2D eigenvalue weighted by atomic mass is 16.5. The summed E-state index contributed by atoms with van der Waals surface area (Å²) in [4.78, 5) is 27.3. The Hall–Kier alpha value is -2.90. The first-order valence-corrected chi connectivity index (χ1v) is 14.6. The van der Waals surface area contributed by atoms with Gasteiger partial charge in [0.05, 0.1) is 11.6 Å². The van der Waals surface area contributed by atoms with Crippen molar-refractivity contribution in [1.29, 1.82) is 0 Å². The number of hydrogen-bond donors (Lipinski definition) is 2. The van der Waals surface area contributed by atoms with E-state index in [0.717, 1.165) is 75.2 Å². The van der Waals surface area contributed by atoms with Crippen LogP contribution in [-0.2, 0) is 9.53 Å². The van der Waals surface area contributed by atoms with Gasteiger partial charge in [-0.15, -0.1) is 0 Å². The summed E-state index contributed by atoms with van der Waals surface area (Å²) in [6, 6.07) is 13.5. The van der Waals surface area contributed by atoms with E-state index < -0.39 is 5.97 Å². The number of likely N-dealkylation sites (tertiary alicyclic amines) is 1. The van der Waals surface area contributed by atoms with Gasteiger partial charge in [-0.2, -0.15) is 0 Å². The maximum absolute atomic E-state index is 13.3. The third kappa shape index (κ3) is 5.44. The third-order valence-electron chi connectivity index (χ3n) is 9.65. The van der Waals surface area contributed by atoms with Crippen molar-refractivity contribution >= 4 is 11.9 Å². The molecule has 0 bridgehead atoms. The molecule has 2 saturated heterocycles. The highest BCUT2D eigenvalue weighted by Gasteiger charge is 2.46. The van der Waals surface area contributed by atoms with Crippen LogP contribution >= 0.6 is 0 Å². The molecule has 0 radical (unpaired) electrons. The van der Waals surface area contributed by atoms with Crippen LogP contribution < -0.4 is 10.1 Å². The van der Waals surface area contributed by atoms with Crippen molar-refractivity contribution in [3.05, 3.63) is 53.6 Å². The summed E-state index contributed by atoms with van der Waals surface area (Å²) >= 11 is 0. The largest absolute Gasteiger partial charge is 0.490 e. The first-order chi connectivity index (χ1) is 18.9. The lowest BCUT2D eigenvalue weighted by Crippen LogP contribution is -2.45. The molecule has 4 aliphatic rings. The van der Waals surface area contributed by atoms with Gasteiger partial charge in [0.2, 0.25) is 5.91 Å². The van der Waals surface area contributed by atoms with Gasteiger partial charge in [-0.3, -0.25) is 9.69 Å². The van der Waals surface area contributed by atoms with Crippen molar-refractivity contribution < 1.29 is 24.2 Å². The number of carbonyl (C=O) groups is 2. The first kappa shape index (κ1) is 26.3. The van der Waals surface area contributed by atoms with Crippen LogP contribution in [0.25, 0.3) is 11.1 Å². The Labute approximate surface area is 230 Å². The molecule has 3 atom stereocenters. The number of ether oxygens (including phenoxy) is 2. The molecule has 7 nitrogen and oxygen atoms in total. The van der Waals surface area contributed by atoms with Crippen LogP contribution in [-0.4, -0.2) is 66.9 Å². The molecule has 2 aromatic carbocycles. The van der Waals surface area contributed by atoms with Gasteiger partial charge in [0.15, 0.2) is 0 Å². The standard InChI is InChI=1S/C32H40N2O5/c1-34-20-32(13-15-38-16-14-32)19-28(34)30(35)33-23-10-11-24(18-23)39-29-12-9-22(31(36)37)17-27(29)26-8-3-2-7-25(26)21-5-4-6-21/h2-3,7-9,12,17,21,23-24,28H,4-6,10-11,13-16,18-20H2,1H3,(H,33,35)(H,36,37)/t23-,24-,28+/m1/s1. The number of rotatable bonds is 7. The Morgan fingerprint density at radius 1 is 1.05 bits per heavy atom.